The maximum absolute atomic E-state index is 6.27. The highest BCUT2D eigenvalue weighted by Crippen LogP contribution is 2.33. The molecule has 4 heteroatoms. The molecular weight excluding hydrogens is 234 g/mol. The number of halogens is 1. The highest BCUT2D eigenvalue weighted by molar-refractivity contribution is 6.34. The first kappa shape index (κ1) is 10.3. The molecule has 1 N–H and O–H groups in total. The van der Waals surface area contributed by atoms with Crippen LogP contribution in [0.4, 0.5) is 0 Å². The summed E-state index contributed by atoms with van der Waals surface area (Å²) in [6, 6.07) is 11.9. The molecule has 0 aliphatic rings. The molecule has 1 heterocycles. The molecule has 0 unspecified atom stereocenters. The lowest BCUT2D eigenvalue weighted by Gasteiger charge is -2.05. The minimum absolute atomic E-state index is 0.692. The van der Waals surface area contributed by atoms with E-state index in [0.29, 0.717) is 5.02 Å². The maximum Gasteiger partial charge on any atom is 0.122 e. The van der Waals surface area contributed by atoms with Gasteiger partial charge in [0.15, 0.2) is 0 Å². The number of nitrogens with one attached hydrogen (secondary N) is 1. The third-order valence-electron chi connectivity index (χ3n) is 2.74. The zero-order valence-corrected chi connectivity index (χ0v) is 9.99. The molecule has 3 nitrogen and oxygen atoms in total. The predicted octanol–water partition coefficient (Wildman–Crippen LogP) is 3.59. The molecule has 0 aliphatic heterocycles. The van der Waals surface area contributed by atoms with E-state index in [1.54, 1.807) is 0 Å². The lowest BCUT2D eigenvalue weighted by atomic mass is 10.0. The fourth-order valence-corrected chi connectivity index (χ4v) is 2.22. The molecule has 1 aromatic heterocycles. The summed E-state index contributed by atoms with van der Waals surface area (Å²) in [5.74, 6) is 0. The fraction of sp³-hybridized carbons (Fsp3) is 0.0769. The number of hydrogen-bond donors (Lipinski definition) is 1. The van der Waals surface area contributed by atoms with Crippen molar-refractivity contribution in [2.45, 2.75) is 6.92 Å². The van der Waals surface area contributed by atoms with Gasteiger partial charge in [-0.2, -0.15) is 15.4 Å². The highest BCUT2D eigenvalue weighted by Gasteiger charge is 2.11. The van der Waals surface area contributed by atoms with Gasteiger partial charge < -0.3 is 0 Å². The number of nitrogens with zero attached hydrogens (tertiary/aromatic N) is 2. The van der Waals surface area contributed by atoms with Crippen LogP contribution in [-0.4, -0.2) is 15.4 Å². The van der Waals surface area contributed by atoms with Gasteiger partial charge in [0.1, 0.15) is 11.0 Å². The van der Waals surface area contributed by atoms with E-state index in [0.717, 1.165) is 22.2 Å². The van der Waals surface area contributed by atoms with Gasteiger partial charge in [-0.05, 0) is 24.6 Å². The summed E-state index contributed by atoms with van der Waals surface area (Å²) < 4.78 is 0. The average Bonchev–Trinajstić information content (AvgIpc) is 2.76. The first-order valence-electron chi connectivity index (χ1n) is 5.32. The lowest BCUT2D eigenvalue weighted by molar-refractivity contribution is 0.959. The minimum atomic E-state index is 0.692. The molecule has 0 bridgehead atoms. The van der Waals surface area contributed by atoms with Gasteiger partial charge in [0.2, 0.25) is 0 Å². The van der Waals surface area contributed by atoms with Crippen LogP contribution < -0.4 is 0 Å². The standard InChI is InChI=1S/C13H10ClN3/c1-8-3-2-4-9(7-8)12-10(14)5-6-11-13(12)16-17-15-11/h2-7H,1H3,(H,15,16,17). The van der Waals surface area contributed by atoms with Crippen molar-refractivity contribution in [3.8, 4) is 11.1 Å². The maximum atomic E-state index is 6.27. The molecule has 0 amide bonds. The highest BCUT2D eigenvalue weighted by atomic mass is 35.5. The summed E-state index contributed by atoms with van der Waals surface area (Å²) >= 11 is 6.27. The summed E-state index contributed by atoms with van der Waals surface area (Å²) in [4.78, 5) is 0. The van der Waals surface area contributed by atoms with Crippen molar-refractivity contribution in [3.63, 3.8) is 0 Å². The van der Waals surface area contributed by atoms with Crippen LogP contribution >= 0.6 is 11.6 Å². The van der Waals surface area contributed by atoms with Crippen LogP contribution in [0, 0.1) is 6.92 Å². The average molecular weight is 244 g/mol. The molecule has 3 rings (SSSR count). The van der Waals surface area contributed by atoms with Crippen LogP contribution in [0.5, 0.6) is 0 Å². The largest absolute Gasteiger partial charge is 0.197 e. The molecule has 0 radical (unpaired) electrons. The van der Waals surface area contributed by atoms with Gasteiger partial charge in [-0.1, -0.05) is 41.4 Å². The molecule has 0 saturated carbocycles. The Labute approximate surface area is 103 Å². The molecule has 17 heavy (non-hydrogen) atoms. The van der Waals surface area contributed by atoms with E-state index in [4.69, 9.17) is 11.6 Å². The van der Waals surface area contributed by atoms with Crippen molar-refractivity contribution in [1.82, 2.24) is 15.4 Å². The van der Waals surface area contributed by atoms with E-state index in [2.05, 4.69) is 34.5 Å². The molecule has 0 saturated heterocycles. The van der Waals surface area contributed by atoms with Crippen molar-refractivity contribution in [3.05, 3.63) is 47.0 Å². The van der Waals surface area contributed by atoms with Crippen LogP contribution in [-0.2, 0) is 0 Å². The van der Waals surface area contributed by atoms with E-state index < -0.39 is 0 Å². The summed E-state index contributed by atoms with van der Waals surface area (Å²) in [5, 5.41) is 11.6. The van der Waals surface area contributed by atoms with Crippen LogP contribution in [0.3, 0.4) is 0 Å². The van der Waals surface area contributed by atoms with Crippen molar-refractivity contribution in [2.75, 3.05) is 0 Å². The topological polar surface area (TPSA) is 41.6 Å². The lowest BCUT2D eigenvalue weighted by Crippen LogP contribution is -1.84. The SMILES string of the molecule is Cc1cccc(-c2c(Cl)ccc3n[nH]nc23)c1. The second kappa shape index (κ2) is 3.86. The van der Waals surface area contributed by atoms with Gasteiger partial charge in [0, 0.05) is 5.56 Å². The Hall–Kier alpha value is -1.87. The fourth-order valence-electron chi connectivity index (χ4n) is 1.96. The van der Waals surface area contributed by atoms with E-state index in [1.165, 1.54) is 5.56 Å². The van der Waals surface area contributed by atoms with E-state index in [1.807, 2.05) is 24.3 Å². The molecule has 0 fully saturated rings. The normalized spacial score (nSPS) is 10.9. The van der Waals surface area contributed by atoms with Gasteiger partial charge in [-0.25, -0.2) is 0 Å². The first-order chi connectivity index (χ1) is 8.25. The predicted molar refractivity (Wildman–Crippen MR) is 69.1 cm³/mol. The zero-order chi connectivity index (χ0) is 11.8. The molecule has 0 atom stereocenters. The molecule has 0 spiro atoms. The summed E-state index contributed by atoms with van der Waals surface area (Å²) in [5.41, 5.74) is 4.82. The second-order valence-corrected chi connectivity index (χ2v) is 4.39. The van der Waals surface area contributed by atoms with Gasteiger partial charge in [-0.15, -0.1) is 0 Å². The number of aryl methyl sites for hydroxylation is 1. The van der Waals surface area contributed by atoms with Crippen LogP contribution in [0.1, 0.15) is 5.56 Å². The third-order valence-corrected chi connectivity index (χ3v) is 3.06. The number of H-pyrrole nitrogens is 1. The Balaban J connectivity index is 2.36. The van der Waals surface area contributed by atoms with Crippen LogP contribution in [0.25, 0.3) is 22.2 Å². The number of aromatic nitrogens is 3. The van der Waals surface area contributed by atoms with Gasteiger partial charge in [0.05, 0.1) is 5.02 Å². The monoisotopic (exact) mass is 243 g/mol. The van der Waals surface area contributed by atoms with Gasteiger partial charge in [-0.3, -0.25) is 0 Å². The first-order valence-corrected chi connectivity index (χ1v) is 5.69. The van der Waals surface area contributed by atoms with Crippen LogP contribution in [0.15, 0.2) is 36.4 Å². The van der Waals surface area contributed by atoms with Crippen LogP contribution in [0.2, 0.25) is 5.02 Å². The number of hydrogen-bond acceptors (Lipinski definition) is 2. The number of fused-ring (bicyclic) bond motifs is 1. The Morgan fingerprint density at radius 2 is 2.00 bits per heavy atom. The quantitative estimate of drug-likeness (QED) is 0.710. The minimum Gasteiger partial charge on any atom is -0.197 e. The van der Waals surface area contributed by atoms with Crippen molar-refractivity contribution in [1.29, 1.82) is 0 Å². The molecule has 2 aromatic carbocycles. The zero-order valence-electron chi connectivity index (χ0n) is 9.24. The number of aromatic amines is 1. The number of rotatable bonds is 1. The Morgan fingerprint density at radius 1 is 1.12 bits per heavy atom. The van der Waals surface area contributed by atoms with Crippen molar-refractivity contribution >= 4 is 22.6 Å². The van der Waals surface area contributed by atoms with E-state index >= 15 is 0 Å². The Morgan fingerprint density at radius 3 is 2.82 bits per heavy atom. The van der Waals surface area contributed by atoms with Crippen molar-refractivity contribution in [2.24, 2.45) is 0 Å². The third kappa shape index (κ3) is 1.68. The van der Waals surface area contributed by atoms with E-state index in [9.17, 15) is 0 Å². The summed E-state index contributed by atoms with van der Waals surface area (Å²) in [6.07, 6.45) is 0. The van der Waals surface area contributed by atoms with Gasteiger partial charge >= 0.3 is 0 Å². The Kier molecular flexibility index (Phi) is 2.34. The Bertz CT molecular complexity index is 688. The molecule has 0 aliphatic carbocycles. The van der Waals surface area contributed by atoms with E-state index in [-0.39, 0.29) is 0 Å². The summed E-state index contributed by atoms with van der Waals surface area (Å²) in [6.45, 7) is 2.06. The molecule has 3 aromatic rings. The second-order valence-electron chi connectivity index (χ2n) is 3.98. The number of benzene rings is 2. The van der Waals surface area contributed by atoms with Crippen molar-refractivity contribution < 1.29 is 0 Å². The molecular formula is C13H10ClN3. The van der Waals surface area contributed by atoms with Gasteiger partial charge in [0.25, 0.3) is 0 Å². The summed E-state index contributed by atoms with van der Waals surface area (Å²) in [7, 11) is 0. The smallest absolute Gasteiger partial charge is 0.122 e. The molecule has 84 valence electrons.